The summed E-state index contributed by atoms with van der Waals surface area (Å²) in [6.45, 7) is 1.92. The Balaban J connectivity index is 2.04. The molecule has 0 amide bonds. The second-order valence-corrected chi connectivity index (χ2v) is 6.06. The molecule has 1 aromatic carbocycles. The third-order valence-corrected chi connectivity index (χ3v) is 4.39. The maximum absolute atomic E-state index is 14.0. The van der Waals surface area contributed by atoms with Crippen LogP contribution < -0.4 is 0 Å². The van der Waals surface area contributed by atoms with Crippen LogP contribution in [0.2, 0.25) is 0 Å². The molecule has 2 rings (SSSR count). The van der Waals surface area contributed by atoms with E-state index >= 15 is 0 Å². The lowest BCUT2D eigenvalue weighted by atomic mass is 9.97. The van der Waals surface area contributed by atoms with Gasteiger partial charge in [-0.3, -0.25) is 4.90 Å². The van der Waals surface area contributed by atoms with Crippen LogP contribution in [0.15, 0.2) is 18.2 Å². The van der Waals surface area contributed by atoms with Gasteiger partial charge in [-0.05, 0) is 44.4 Å². The third kappa shape index (κ3) is 5.18. The zero-order chi connectivity index (χ0) is 16.9. The number of benzene rings is 1. The molecule has 0 aromatic heterocycles. The molecule has 1 fully saturated rings. The predicted octanol–water partition coefficient (Wildman–Crippen LogP) is 4.63. The number of piperidine rings is 1. The highest BCUT2D eigenvalue weighted by molar-refractivity contribution is 5.26. The van der Waals surface area contributed by atoms with Crippen LogP contribution in [0.25, 0.3) is 0 Å². The van der Waals surface area contributed by atoms with E-state index < -0.39 is 17.6 Å². The fourth-order valence-electron chi connectivity index (χ4n) is 3.13. The van der Waals surface area contributed by atoms with Gasteiger partial charge in [-0.15, -0.1) is 0 Å². The van der Waals surface area contributed by atoms with Crippen LogP contribution >= 0.6 is 0 Å². The van der Waals surface area contributed by atoms with E-state index in [-0.39, 0.29) is 0 Å². The number of rotatable bonds is 6. The van der Waals surface area contributed by atoms with Gasteiger partial charge in [0.05, 0.1) is 5.56 Å². The Morgan fingerprint density at radius 1 is 1.26 bits per heavy atom. The van der Waals surface area contributed by atoms with Crippen molar-refractivity contribution < 1.29 is 22.3 Å². The van der Waals surface area contributed by atoms with Gasteiger partial charge in [-0.1, -0.05) is 12.5 Å². The molecule has 0 radical (unpaired) electrons. The minimum atomic E-state index is -4.51. The summed E-state index contributed by atoms with van der Waals surface area (Å²) in [7, 11) is 1.66. The molecule has 2 nitrogen and oxygen atoms in total. The summed E-state index contributed by atoms with van der Waals surface area (Å²) in [5.74, 6) is -0.777. The average Bonchev–Trinajstić information content (AvgIpc) is 2.50. The van der Waals surface area contributed by atoms with Crippen molar-refractivity contribution in [3.8, 4) is 0 Å². The predicted molar refractivity (Wildman–Crippen MR) is 80.6 cm³/mol. The Kier molecular flexibility index (Phi) is 6.41. The summed E-state index contributed by atoms with van der Waals surface area (Å²) in [5.41, 5.74) is -0.606. The van der Waals surface area contributed by atoms with Crippen LogP contribution in [0.3, 0.4) is 0 Å². The molecule has 1 aliphatic rings. The minimum absolute atomic E-state index is 0.330. The number of nitrogens with zero attached hydrogens (tertiary/aromatic N) is 1. The summed E-state index contributed by atoms with van der Waals surface area (Å²) in [6.07, 6.45) is 0.634. The van der Waals surface area contributed by atoms with Crippen molar-refractivity contribution in [2.75, 3.05) is 20.3 Å². The lowest BCUT2D eigenvalue weighted by molar-refractivity contribution is -0.137. The van der Waals surface area contributed by atoms with Crippen LogP contribution in [0, 0.1) is 5.82 Å². The molecule has 0 N–H and O–H groups in total. The molecule has 130 valence electrons. The Labute approximate surface area is 134 Å². The summed E-state index contributed by atoms with van der Waals surface area (Å²) >= 11 is 0. The molecule has 0 unspecified atom stereocenters. The second-order valence-electron chi connectivity index (χ2n) is 6.06. The molecule has 1 aliphatic heterocycles. The molecule has 1 saturated heterocycles. The normalized spacial score (nSPS) is 20.0. The van der Waals surface area contributed by atoms with E-state index in [1.165, 1.54) is 6.07 Å². The van der Waals surface area contributed by atoms with Crippen molar-refractivity contribution in [1.82, 2.24) is 4.90 Å². The number of likely N-dealkylation sites (tertiary alicyclic amines) is 1. The van der Waals surface area contributed by atoms with Crippen molar-refractivity contribution in [2.24, 2.45) is 0 Å². The van der Waals surface area contributed by atoms with Gasteiger partial charge in [-0.2, -0.15) is 13.2 Å². The number of hydrogen-bond donors (Lipinski definition) is 0. The van der Waals surface area contributed by atoms with Gasteiger partial charge in [-0.25, -0.2) is 4.39 Å². The highest BCUT2D eigenvalue weighted by Gasteiger charge is 2.31. The van der Waals surface area contributed by atoms with Crippen molar-refractivity contribution >= 4 is 0 Å². The number of methoxy groups -OCH3 is 1. The first-order chi connectivity index (χ1) is 10.9. The zero-order valence-electron chi connectivity index (χ0n) is 13.3. The van der Waals surface area contributed by atoms with Gasteiger partial charge >= 0.3 is 6.18 Å². The number of alkyl halides is 3. The van der Waals surface area contributed by atoms with Crippen molar-refractivity contribution in [2.45, 2.75) is 50.9 Å². The van der Waals surface area contributed by atoms with Crippen LogP contribution in [-0.4, -0.2) is 31.2 Å². The van der Waals surface area contributed by atoms with Crippen LogP contribution in [0.5, 0.6) is 0 Å². The van der Waals surface area contributed by atoms with Gasteiger partial charge in [0.1, 0.15) is 5.82 Å². The highest BCUT2D eigenvalue weighted by atomic mass is 19.4. The van der Waals surface area contributed by atoms with Gasteiger partial charge in [0, 0.05) is 31.9 Å². The maximum Gasteiger partial charge on any atom is 0.416 e. The van der Waals surface area contributed by atoms with Gasteiger partial charge in [0.15, 0.2) is 0 Å². The van der Waals surface area contributed by atoms with E-state index in [1.807, 2.05) is 0 Å². The Morgan fingerprint density at radius 3 is 2.70 bits per heavy atom. The molecule has 0 aliphatic carbocycles. The molecular formula is C17H23F4NO. The van der Waals surface area contributed by atoms with Crippen molar-refractivity contribution in [3.63, 3.8) is 0 Å². The maximum atomic E-state index is 14.0. The topological polar surface area (TPSA) is 12.5 Å². The fraction of sp³-hybridized carbons (Fsp3) is 0.647. The van der Waals surface area contributed by atoms with Crippen LogP contribution in [0.4, 0.5) is 17.6 Å². The highest BCUT2D eigenvalue weighted by Crippen LogP contribution is 2.31. The van der Waals surface area contributed by atoms with Crippen molar-refractivity contribution in [3.05, 3.63) is 35.1 Å². The Bertz CT molecular complexity index is 504. The lowest BCUT2D eigenvalue weighted by Crippen LogP contribution is -2.39. The SMILES string of the molecule is COCCC[C@H]1CCCCN1Cc1ccc(C(F)(F)F)cc1F. The Hall–Kier alpha value is -1.14. The van der Waals surface area contributed by atoms with E-state index in [1.54, 1.807) is 7.11 Å². The number of hydrogen-bond acceptors (Lipinski definition) is 2. The molecule has 6 heteroatoms. The molecule has 0 spiro atoms. The average molecular weight is 333 g/mol. The largest absolute Gasteiger partial charge is 0.416 e. The van der Waals surface area contributed by atoms with Gasteiger partial charge in [0.2, 0.25) is 0 Å². The zero-order valence-corrected chi connectivity index (χ0v) is 13.3. The van der Waals surface area contributed by atoms with E-state index in [9.17, 15) is 17.6 Å². The lowest BCUT2D eigenvalue weighted by Gasteiger charge is -2.36. The van der Waals surface area contributed by atoms with E-state index in [0.29, 0.717) is 30.8 Å². The van der Waals surface area contributed by atoms with E-state index in [2.05, 4.69) is 4.90 Å². The number of halogens is 4. The molecule has 23 heavy (non-hydrogen) atoms. The van der Waals surface area contributed by atoms with E-state index in [0.717, 1.165) is 44.7 Å². The first-order valence-corrected chi connectivity index (χ1v) is 8.00. The fourth-order valence-corrected chi connectivity index (χ4v) is 3.13. The first kappa shape index (κ1) is 18.2. The molecule has 1 aromatic rings. The van der Waals surface area contributed by atoms with Crippen molar-refractivity contribution in [1.29, 1.82) is 0 Å². The van der Waals surface area contributed by atoms with Crippen LogP contribution in [0.1, 0.15) is 43.2 Å². The molecule has 1 atom stereocenters. The molecule has 0 bridgehead atoms. The van der Waals surface area contributed by atoms with E-state index in [4.69, 9.17) is 4.74 Å². The van der Waals surface area contributed by atoms with Gasteiger partial charge < -0.3 is 4.74 Å². The third-order valence-electron chi connectivity index (χ3n) is 4.39. The molecule has 1 heterocycles. The smallest absolute Gasteiger partial charge is 0.385 e. The summed E-state index contributed by atoms with van der Waals surface area (Å²) < 4.78 is 56.9. The molecular weight excluding hydrogens is 310 g/mol. The number of ether oxygens (including phenoxy) is 1. The molecule has 0 saturated carbocycles. The summed E-state index contributed by atoms with van der Waals surface area (Å²) in [5, 5.41) is 0. The standard InChI is InChI=1S/C17H23F4NO/c1-23-10-4-6-15-5-2-3-9-22(15)12-13-7-8-14(11-16(13)18)17(19,20)21/h7-8,11,15H,2-6,9-10,12H2,1H3/t15-/m1/s1. The summed E-state index contributed by atoms with van der Waals surface area (Å²) in [6, 6.07) is 3.17. The first-order valence-electron chi connectivity index (χ1n) is 8.00. The summed E-state index contributed by atoms with van der Waals surface area (Å²) in [4.78, 5) is 2.19. The monoisotopic (exact) mass is 333 g/mol. The quantitative estimate of drug-likeness (QED) is 0.556. The second kappa shape index (κ2) is 8.11. The van der Waals surface area contributed by atoms with Crippen LogP contribution in [-0.2, 0) is 17.5 Å². The minimum Gasteiger partial charge on any atom is -0.385 e. The Morgan fingerprint density at radius 2 is 2.04 bits per heavy atom. The van der Waals surface area contributed by atoms with Gasteiger partial charge in [0.25, 0.3) is 0 Å².